The third-order valence-electron chi connectivity index (χ3n) is 4.06. The van der Waals surface area contributed by atoms with Crippen molar-refractivity contribution in [3.05, 3.63) is 59.9 Å². The normalized spacial score (nSPS) is 17.1. The molecule has 1 aromatic carbocycles. The van der Waals surface area contributed by atoms with Gasteiger partial charge in [-0.05, 0) is 30.5 Å². The summed E-state index contributed by atoms with van der Waals surface area (Å²) >= 11 is 0. The summed E-state index contributed by atoms with van der Waals surface area (Å²) in [5.74, 6) is 0. The number of hydrogen-bond donors (Lipinski definition) is 2. The van der Waals surface area contributed by atoms with Crippen LogP contribution < -0.4 is 10.6 Å². The van der Waals surface area contributed by atoms with Gasteiger partial charge in [0.05, 0.1) is 12.6 Å². The molecule has 2 aromatic rings. The highest BCUT2D eigenvalue weighted by atomic mass is 16.5. The number of urea groups is 1. The Balaban J connectivity index is 1.46. The average molecular weight is 313 g/mol. The predicted octanol–water partition coefficient (Wildman–Crippen LogP) is 2.51. The van der Waals surface area contributed by atoms with Crippen molar-refractivity contribution in [1.82, 2.24) is 15.2 Å². The van der Waals surface area contributed by atoms with Crippen LogP contribution in [0, 0.1) is 0 Å². The van der Waals surface area contributed by atoms with Crippen molar-refractivity contribution in [2.75, 3.05) is 13.2 Å². The number of carbonyl (C=O) groups excluding carboxylic acids is 1. The summed E-state index contributed by atoms with van der Waals surface area (Å²) in [5, 5.41) is 5.78. The number of benzene rings is 1. The summed E-state index contributed by atoms with van der Waals surface area (Å²) in [6, 6.07) is 14.2. The highest BCUT2D eigenvalue weighted by molar-refractivity contribution is 5.73. The van der Waals surface area contributed by atoms with Crippen molar-refractivity contribution >= 4 is 6.03 Å². The van der Waals surface area contributed by atoms with Crippen LogP contribution in [0.5, 0.6) is 0 Å². The lowest BCUT2D eigenvalue weighted by molar-refractivity contribution is 0.111. The van der Waals surface area contributed by atoms with E-state index in [4.69, 9.17) is 4.74 Å². The summed E-state index contributed by atoms with van der Waals surface area (Å²) in [6.07, 6.45) is 4.32. The van der Waals surface area contributed by atoms with Crippen LogP contribution in [-0.4, -0.2) is 29.9 Å². The minimum atomic E-state index is -0.145. The molecule has 0 spiro atoms. The summed E-state index contributed by atoms with van der Waals surface area (Å²) < 4.78 is 7.64. The summed E-state index contributed by atoms with van der Waals surface area (Å²) in [5.41, 5.74) is 2.33. The van der Waals surface area contributed by atoms with Crippen LogP contribution in [0.4, 0.5) is 4.79 Å². The van der Waals surface area contributed by atoms with Gasteiger partial charge in [0.2, 0.25) is 0 Å². The van der Waals surface area contributed by atoms with Gasteiger partial charge in [0.15, 0.2) is 0 Å². The molecule has 2 N–H and O–H groups in total. The molecule has 0 unspecified atom stereocenters. The highest BCUT2D eigenvalue weighted by Gasteiger charge is 2.16. The van der Waals surface area contributed by atoms with E-state index in [9.17, 15) is 4.79 Å². The van der Waals surface area contributed by atoms with E-state index in [0.29, 0.717) is 13.1 Å². The third kappa shape index (κ3) is 4.60. The van der Waals surface area contributed by atoms with E-state index in [1.54, 1.807) is 0 Å². The first-order valence-electron chi connectivity index (χ1n) is 8.12. The minimum Gasteiger partial charge on any atom is -0.376 e. The zero-order valence-electron chi connectivity index (χ0n) is 13.2. The monoisotopic (exact) mass is 313 g/mol. The quantitative estimate of drug-likeness (QED) is 0.861. The SMILES string of the molecule is O=C(NCc1cccn1Cc1ccccc1)NC[C@@H]1CCCO1. The Morgan fingerprint density at radius 3 is 2.83 bits per heavy atom. The van der Waals surface area contributed by atoms with E-state index < -0.39 is 0 Å². The molecule has 0 radical (unpaired) electrons. The van der Waals surface area contributed by atoms with Crippen LogP contribution in [0.3, 0.4) is 0 Å². The topological polar surface area (TPSA) is 55.3 Å². The Hall–Kier alpha value is -2.27. The van der Waals surface area contributed by atoms with Crippen molar-refractivity contribution < 1.29 is 9.53 Å². The van der Waals surface area contributed by atoms with Gasteiger partial charge in [0.25, 0.3) is 0 Å². The molecule has 1 saturated heterocycles. The molecule has 2 amide bonds. The summed E-state index contributed by atoms with van der Waals surface area (Å²) in [4.78, 5) is 11.9. The van der Waals surface area contributed by atoms with E-state index in [0.717, 1.165) is 31.7 Å². The minimum absolute atomic E-state index is 0.145. The molecule has 0 aliphatic carbocycles. The average Bonchev–Trinajstić information content (AvgIpc) is 3.24. The number of rotatable bonds is 6. The molecule has 5 nitrogen and oxygen atoms in total. The van der Waals surface area contributed by atoms with Gasteiger partial charge in [0, 0.05) is 31.6 Å². The smallest absolute Gasteiger partial charge is 0.315 e. The van der Waals surface area contributed by atoms with Crippen molar-refractivity contribution in [1.29, 1.82) is 0 Å². The molecule has 1 atom stereocenters. The van der Waals surface area contributed by atoms with Crippen LogP contribution in [0.1, 0.15) is 24.1 Å². The number of nitrogens with zero attached hydrogens (tertiary/aromatic N) is 1. The standard InChI is InChI=1S/C18H23N3O2/c22-18(20-13-17-9-5-11-23-17)19-12-16-8-4-10-21(16)14-15-6-2-1-3-7-15/h1-4,6-8,10,17H,5,9,11-14H2,(H2,19,20,22)/t17-/m0/s1. The summed E-state index contributed by atoms with van der Waals surface area (Å²) in [6.45, 7) is 2.71. The number of amides is 2. The van der Waals surface area contributed by atoms with E-state index in [1.165, 1.54) is 5.56 Å². The van der Waals surface area contributed by atoms with Gasteiger partial charge in [-0.1, -0.05) is 30.3 Å². The molecule has 23 heavy (non-hydrogen) atoms. The zero-order chi connectivity index (χ0) is 15.9. The van der Waals surface area contributed by atoms with Gasteiger partial charge in [-0.25, -0.2) is 4.79 Å². The maximum atomic E-state index is 11.9. The van der Waals surface area contributed by atoms with Crippen LogP contribution in [0.25, 0.3) is 0 Å². The van der Waals surface area contributed by atoms with Crippen molar-refractivity contribution in [3.8, 4) is 0 Å². The molecule has 122 valence electrons. The third-order valence-corrected chi connectivity index (χ3v) is 4.06. The second-order valence-corrected chi connectivity index (χ2v) is 5.81. The lowest BCUT2D eigenvalue weighted by atomic mass is 10.2. The first-order chi connectivity index (χ1) is 11.3. The van der Waals surface area contributed by atoms with E-state index in [-0.39, 0.29) is 12.1 Å². The number of hydrogen-bond acceptors (Lipinski definition) is 2. The van der Waals surface area contributed by atoms with Gasteiger partial charge in [0.1, 0.15) is 0 Å². The Morgan fingerprint density at radius 1 is 1.17 bits per heavy atom. The van der Waals surface area contributed by atoms with E-state index in [2.05, 4.69) is 27.3 Å². The fourth-order valence-electron chi connectivity index (χ4n) is 2.79. The molecular formula is C18H23N3O2. The lowest BCUT2D eigenvalue weighted by Crippen LogP contribution is -2.39. The fraction of sp³-hybridized carbons (Fsp3) is 0.389. The fourth-order valence-corrected chi connectivity index (χ4v) is 2.79. The molecule has 0 saturated carbocycles. The number of nitrogens with one attached hydrogen (secondary N) is 2. The largest absolute Gasteiger partial charge is 0.376 e. The lowest BCUT2D eigenvalue weighted by Gasteiger charge is -2.13. The second kappa shape index (κ2) is 7.83. The molecule has 1 aliphatic heterocycles. The first-order valence-corrected chi connectivity index (χ1v) is 8.12. The molecule has 1 aromatic heterocycles. The molecule has 5 heteroatoms. The molecule has 1 aliphatic rings. The Kier molecular flexibility index (Phi) is 5.32. The van der Waals surface area contributed by atoms with Crippen LogP contribution >= 0.6 is 0 Å². The Morgan fingerprint density at radius 2 is 2.04 bits per heavy atom. The van der Waals surface area contributed by atoms with Crippen LogP contribution in [0.2, 0.25) is 0 Å². The van der Waals surface area contributed by atoms with Crippen LogP contribution in [0.15, 0.2) is 48.7 Å². The van der Waals surface area contributed by atoms with E-state index >= 15 is 0 Å². The number of aromatic nitrogens is 1. The number of ether oxygens (including phenoxy) is 1. The van der Waals surface area contributed by atoms with Gasteiger partial charge in [-0.3, -0.25) is 0 Å². The first kappa shape index (κ1) is 15.6. The predicted molar refractivity (Wildman–Crippen MR) is 89.2 cm³/mol. The second-order valence-electron chi connectivity index (χ2n) is 5.81. The van der Waals surface area contributed by atoms with Gasteiger partial charge < -0.3 is 19.9 Å². The molecule has 2 heterocycles. The van der Waals surface area contributed by atoms with Crippen molar-refractivity contribution in [2.45, 2.75) is 32.0 Å². The van der Waals surface area contributed by atoms with E-state index in [1.807, 2.05) is 36.5 Å². The molecule has 3 rings (SSSR count). The molecule has 0 bridgehead atoms. The summed E-state index contributed by atoms with van der Waals surface area (Å²) in [7, 11) is 0. The van der Waals surface area contributed by atoms with Gasteiger partial charge in [-0.15, -0.1) is 0 Å². The van der Waals surface area contributed by atoms with Crippen molar-refractivity contribution in [2.24, 2.45) is 0 Å². The highest BCUT2D eigenvalue weighted by Crippen LogP contribution is 2.10. The van der Waals surface area contributed by atoms with Crippen molar-refractivity contribution in [3.63, 3.8) is 0 Å². The Labute approximate surface area is 136 Å². The Bertz CT molecular complexity index is 618. The maximum Gasteiger partial charge on any atom is 0.315 e. The molecular weight excluding hydrogens is 290 g/mol. The van der Waals surface area contributed by atoms with Crippen LogP contribution in [-0.2, 0) is 17.8 Å². The number of carbonyl (C=O) groups is 1. The zero-order valence-corrected chi connectivity index (χ0v) is 13.2. The molecule has 1 fully saturated rings. The maximum absolute atomic E-state index is 11.9. The van der Waals surface area contributed by atoms with Gasteiger partial charge in [-0.2, -0.15) is 0 Å². The van der Waals surface area contributed by atoms with Gasteiger partial charge >= 0.3 is 6.03 Å².